The fourth-order valence-electron chi connectivity index (χ4n) is 6.13. The lowest BCUT2D eigenvalue weighted by molar-refractivity contribution is -0.138. The number of ether oxygens (including phenoxy) is 2. The molecule has 1 unspecified atom stereocenters. The molecule has 0 aliphatic carbocycles. The van der Waals surface area contributed by atoms with Crippen molar-refractivity contribution >= 4 is 23.9 Å². The summed E-state index contributed by atoms with van der Waals surface area (Å²) >= 11 is 0. The maximum absolute atomic E-state index is 13.5. The van der Waals surface area contributed by atoms with Crippen molar-refractivity contribution in [3.05, 3.63) is 48.3 Å². The highest BCUT2D eigenvalue weighted by Gasteiger charge is 2.32. The van der Waals surface area contributed by atoms with Gasteiger partial charge in [0.05, 0.1) is 18.4 Å². The quantitative estimate of drug-likeness (QED) is 0.311. The van der Waals surface area contributed by atoms with Crippen LogP contribution in [-0.4, -0.2) is 88.8 Å². The maximum atomic E-state index is 13.5. The minimum Gasteiger partial charge on any atom is -0.490 e. The maximum Gasteiger partial charge on any atom is 0.410 e. The molecule has 1 aromatic carbocycles. The van der Waals surface area contributed by atoms with Crippen LogP contribution in [0.25, 0.3) is 11.1 Å². The minimum atomic E-state index is -1.08. The van der Waals surface area contributed by atoms with Crippen LogP contribution in [0.15, 0.2) is 42.7 Å². The molecule has 0 radical (unpaired) electrons. The summed E-state index contributed by atoms with van der Waals surface area (Å²) in [4.78, 5) is 58.6. The van der Waals surface area contributed by atoms with Crippen LogP contribution in [0.1, 0.15) is 77.3 Å². The van der Waals surface area contributed by atoms with E-state index in [0.29, 0.717) is 67.3 Å². The number of carbonyl (C=O) groups is 4. The van der Waals surface area contributed by atoms with Gasteiger partial charge >= 0.3 is 12.1 Å². The van der Waals surface area contributed by atoms with E-state index in [-0.39, 0.29) is 37.5 Å². The van der Waals surface area contributed by atoms with Gasteiger partial charge in [0.2, 0.25) is 11.8 Å². The number of carbonyl (C=O) groups excluding carboxylic acids is 3. The number of hydrogen-bond acceptors (Lipinski definition) is 7. The number of carboxylic acid groups (broad SMARTS) is 1. The second kappa shape index (κ2) is 16.6. The second-order valence-corrected chi connectivity index (χ2v) is 13.3. The number of nitrogens with one attached hydrogen (secondary N) is 1. The van der Waals surface area contributed by atoms with Crippen LogP contribution in [0.3, 0.4) is 0 Å². The number of halogens is 1. The van der Waals surface area contributed by atoms with Gasteiger partial charge in [0.1, 0.15) is 24.6 Å². The lowest BCUT2D eigenvalue weighted by Gasteiger charge is -2.35. The molecule has 0 saturated carbocycles. The van der Waals surface area contributed by atoms with E-state index in [1.54, 1.807) is 40.3 Å². The van der Waals surface area contributed by atoms with Crippen LogP contribution >= 0.6 is 0 Å². The monoisotopic (exact) mass is 654 g/mol. The van der Waals surface area contributed by atoms with Gasteiger partial charge in [-0.1, -0.05) is 18.2 Å². The van der Waals surface area contributed by atoms with Crippen molar-refractivity contribution in [2.45, 2.75) is 77.4 Å². The number of aromatic nitrogens is 1. The number of hydrogen-bond donors (Lipinski definition) is 2. The Morgan fingerprint density at radius 2 is 1.81 bits per heavy atom. The number of pyridine rings is 1. The third-order valence-electron chi connectivity index (χ3n) is 8.57. The Bertz CT molecular complexity index is 1390. The molecule has 0 spiro atoms. The first-order chi connectivity index (χ1) is 22.4. The molecule has 11 nitrogen and oxygen atoms in total. The van der Waals surface area contributed by atoms with Crippen molar-refractivity contribution in [1.29, 1.82) is 0 Å². The fourth-order valence-corrected chi connectivity index (χ4v) is 6.13. The molecular formula is C35H47FN4O7. The average Bonchev–Trinajstić information content (AvgIpc) is 3.05. The van der Waals surface area contributed by atoms with E-state index in [9.17, 15) is 28.7 Å². The smallest absolute Gasteiger partial charge is 0.410 e. The van der Waals surface area contributed by atoms with Gasteiger partial charge in [-0.15, -0.1) is 0 Å². The van der Waals surface area contributed by atoms with Crippen molar-refractivity contribution in [3.63, 3.8) is 0 Å². The molecule has 2 fully saturated rings. The lowest BCUT2D eigenvalue weighted by Crippen LogP contribution is -2.46. The van der Waals surface area contributed by atoms with E-state index in [0.717, 1.165) is 19.3 Å². The number of likely N-dealkylation sites (tertiary alicyclic amines) is 2. The molecular weight excluding hydrogens is 607 g/mol. The van der Waals surface area contributed by atoms with Crippen LogP contribution in [0.5, 0.6) is 5.75 Å². The Hall–Kier alpha value is -4.22. The summed E-state index contributed by atoms with van der Waals surface area (Å²) in [6.07, 6.45) is 6.48. The minimum absolute atomic E-state index is 0.00436. The van der Waals surface area contributed by atoms with Gasteiger partial charge in [0.15, 0.2) is 0 Å². The third kappa shape index (κ3) is 10.7. The van der Waals surface area contributed by atoms with E-state index in [4.69, 9.17) is 9.47 Å². The standard InChI is InChI=1S/C35H47FN4O7/c1-35(2,3)47-34(45)39-16-12-24(13-17-39)10-11-31(41)40-15-6-7-25(23-40)33(44)38-29(20-32(42)43)27-19-26(21-37-22-27)28-8-4-5-9-30(28)46-18-14-36/h4-5,8-9,19,21-22,24-25,29H,6-7,10-18,20,23H2,1-3H3,(H,38,44)(H,42,43)/t25-,29?/m1/s1. The summed E-state index contributed by atoms with van der Waals surface area (Å²) in [5.74, 6) is -1.03. The van der Waals surface area contributed by atoms with Crippen molar-refractivity contribution in [2.75, 3.05) is 39.5 Å². The van der Waals surface area contributed by atoms with Crippen LogP contribution in [-0.2, 0) is 19.1 Å². The van der Waals surface area contributed by atoms with Gasteiger partial charge in [-0.05, 0) is 76.5 Å². The van der Waals surface area contributed by atoms with Crippen molar-refractivity contribution in [1.82, 2.24) is 20.1 Å². The predicted molar refractivity (Wildman–Crippen MR) is 173 cm³/mol. The SMILES string of the molecule is CC(C)(C)OC(=O)N1CCC(CCC(=O)N2CCC[C@@H](C(=O)NC(CC(=O)O)c3cncc(-c4ccccc4OCCF)c3)C2)CC1. The number of benzene rings is 1. The molecule has 4 rings (SSSR count). The van der Waals surface area contributed by atoms with E-state index in [1.165, 1.54) is 6.20 Å². The van der Waals surface area contributed by atoms with Gasteiger partial charge < -0.3 is 29.7 Å². The second-order valence-electron chi connectivity index (χ2n) is 13.3. The van der Waals surface area contributed by atoms with Crippen molar-refractivity contribution in [3.8, 4) is 16.9 Å². The summed E-state index contributed by atoms with van der Waals surface area (Å²) in [6.45, 7) is 6.87. The Kier molecular flexibility index (Phi) is 12.6. The Morgan fingerprint density at radius 1 is 1.06 bits per heavy atom. The molecule has 3 amide bonds. The van der Waals surface area contributed by atoms with Gasteiger partial charge in [0.25, 0.3) is 0 Å². The Labute approximate surface area is 275 Å². The average molecular weight is 655 g/mol. The van der Waals surface area contributed by atoms with Crippen LogP contribution < -0.4 is 10.1 Å². The van der Waals surface area contributed by atoms with Crippen LogP contribution in [0.2, 0.25) is 0 Å². The van der Waals surface area contributed by atoms with E-state index < -0.39 is 30.2 Å². The van der Waals surface area contributed by atoms with E-state index in [2.05, 4.69) is 10.3 Å². The summed E-state index contributed by atoms with van der Waals surface area (Å²) in [7, 11) is 0. The highest BCUT2D eigenvalue weighted by Crippen LogP contribution is 2.32. The molecule has 256 valence electrons. The number of amides is 3. The fraction of sp³-hybridized carbons (Fsp3) is 0.571. The highest BCUT2D eigenvalue weighted by atomic mass is 19.1. The molecule has 2 aromatic rings. The van der Waals surface area contributed by atoms with Gasteiger partial charge in [-0.3, -0.25) is 19.4 Å². The first-order valence-corrected chi connectivity index (χ1v) is 16.4. The summed E-state index contributed by atoms with van der Waals surface area (Å²) < 4.78 is 23.8. The molecule has 2 N–H and O–H groups in total. The Morgan fingerprint density at radius 3 is 2.51 bits per heavy atom. The topological polar surface area (TPSA) is 138 Å². The molecule has 1 aromatic heterocycles. The molecule has 2 aliphatic heterocycles. The summed E-state index contributed by atoms with van der Waals surface area (Å²) in [5, 5.41) is 12.6. The highest BCUT2D eigenvalue weighted by molar-refractivity contribution is 5.82. The van der Waals surface area contributed by atoms with Crippen molar-refractivity contribution in [2.24, 2.45) is 11.8 Å². The number of carboxylic acids is 1. The molecule has 0 bridgehead atoms. The van der Waals surface area contributed by atoms with Gasteiger partial charge in [-0.2, -0.15) is 0 Å². The van der Waals surface area contributed by atoms with Gasteiger partial charge in [-0.25, -0.2) is 9.18 Å². The zero-order valence-electron chi connectivity index (χ0n) is 27.6. The molecule has 47 heavy (non-hydrogen) atoms. The summed E-state index contributed by atoms with van der Waals surface area (Å²) in [5.41, 5.74) is 1.29. The number of para-hydroxylation sites is 1. The van der Waals surface area contributed by atoms with Gasteiger partial charge in [0, 0.05) is 56.1 Å². The van der Waals surface area contributed by atoms with Crippen molar-refractivity contribution < 1.29 is 38.1 Å². The largest absolute Gasteiger partial charge is 0.490 e. The van der Waals surface area contributed by atoms with Crippen LogP contribution in [0.4, 0.5) is 9.18 Å². The predicted octanol–water partition coefficient (Wildman–Crippen LogP) is 5.39. The number of nitrogens with zero attached hydrogens (tertiary/aromatic N) is 3. The Balaban J connectivity index is 1.33. The number of aliphatic carboxylic acids is 1. The first-order valence-electron chi connectivity index (χ1n) is 16.4. The zero-order valence-corrected chi connectivity index (χ0v) is 27.6. The zero-order chi connectivity index (χ0) is 34.0. The summed E-state index contributed by atoms with van der Waals surface area (Å²) in [6, 6.07) is 8.03. The molecule has 12 heteroatoms. The number of alkyl halides is 1. The lowest BCUT2D eigenvalue weighted by atomic mass is 9.91. The van der Waals surface area contributed by atoms with E-state index >= 15 is 0 Å². The normalized spacial score (nSPS) is 17.9. The molecule has 3 heterocycles. The number of piperidine rings is 2. The van der Waals surface area contributed by atoms with E-state index in [1.807, 2.05) is 26.8 Å². The molecule has 2 saturated heterocycles. The first kappa shape index (κ1) is 35.6. The number of rotatable bonds is 12. The molecule has 2 atom stereocenters. The third-order valence-corrected chi connectivity index (χ3v) is 8.57. The molecule has 2 aliphatic rings. The van der Waals surface area contributed by atoms with Crippen LogP contribution in [0, 0.1) is 11.8 Å².